The average molecular weight is 386 g/mol. The highest BCUT2D eigenvalue weighted by Gasteiger charge is 2.10. The number of carboxylic acids is 1. The van der Waals surface area contributed by atoms with Crippen LogP contribution in [0.5, 0.6) is 0 Å². The molecule has 0 saturated carbocycles. The fourth-order valence-corrected chi connectivity index (χ4v) is 3.82. The van der Waals surface area contributed by atoms with Gasteiger partial charge in [0.15, 0.2) is 0 Å². The molecule has 0 spiro atoms. The van der Waals surface area contributed by atoms with E-state index in [9.17, 15) is 9.59 Å². The molecule has 110 valence electrons. The molecule has 2 N–H and O–H groups in total. The first-order valence-electron chi connectivity index (χ1n) is 5.96. The van der Waals surface area contributed by atoms with Crippen LogP contribution in [0.15, 0.2) is 39.0 Å². The molecule has 1 aromatic heterocycles. The number of carbonyl (C=O) groups excluding carboxylic acids is 1. The summed E-state index contributed by atoms with van der Waals surface area (Å²) in [5.74, 6) is -0.844. The maximum absolute atomic E-state index is 11.9. The Hall–Kier alpha value is -1.31. The Kier molecular flexibility index (Phi) is 5.44. The van der Waals surface area contributed by atoms with Crippen molar-refractivity contribution in [1.82, 2.24) is 0 Å². The number of halogens is 1. The van der Waals surface area contributed by atoms with Crippen LogP contribution < -0.4 is 5.32 Å². The summed E-state index contributed by atoms with van der Waals surface area (Å²) in [5, 5.41) is 13.4. The molecule has 1 aromatic carbocycles. The van der Waals surface area contributed by atoms with E-state index < -0.39 is 5.97 Å². The predicted octanol–water partition coefficient (Wildman–Crippen LogP) is 4.25. The zero-order valence-electron chi connectivity index (χ0n) is 11.1. The highest BCUT2D eigenvalue weighted by molar-refractivity contribution is 9.10. The lowest BCUT2D eigenvalue weighted by Crippen LogP contribution is -2.14. The molecule has 0 unspecified atom stereocenters. The first-order valence-corrected chi connectivity index (χ1v) is 8.62. The van der Waals surface area contributed by atoms with Gasteiger partial charge in [0.2, 0.25) is 5.91 Å². The SMILES string of the molecule is Cc1ccc(NC(=O)CSc2csc(C(=O)O)c2)c(Br)c1. The number of carbonyl (C=O) groups is 2. The van der Waals surface area contributed by atoms with Crippen molar-refractivity contribution < 1.29 is 14.7 Å². The molecule has 0 aliphatic heterocycles. The number of anilines is 1. The number of nitrogens with one attached hydrogen (secondary N) is 1. The van der Waals surface area contributed by atoms with Gasteiger partial charge in [0, 0.05) is 14.7 Å². The van der Waals surface area contributed by atoms with Gasteiger partial charge in [0.1, 0.15) is 4.88 Å². The zero-order valence-corrected chi connectivity index (χ0v) is 14.3. The Morgan fingerprint density at radius 2 is 2.14 bits per heavy atom. The third kappa shape index (κ3) is 4.59. The fraction of sp³-hybridized carbons (Fsp3) is 0.143. The summed E-state index contributed by atoms with van der Waals surface area (Å²) >= 11 is 5.88. The maximum Gasteiger partial charge on any atom is 0.345 e. The molecule has 2 aromatic rings. The van der Waals surface area contributed by atoms with Gasteiger partial charge in [-0.15, -0.1) is 23.1 Å². The molecule has 0 fully saturated rings. The number of thioether (sulfide) groups is 1. The van der Waals surface area contributed by atoms with Crippen molar-refractivity contribution in [2.45, 2.75) is 11.8 Å². The van der Waals surface area contributed by atoms with Crippen LogP contribution in [0.25, 0.3) is 0 Å². The summed E-state index contributed by atoms with van der Waals surface area (Å²) < 4.78 is 0.838. The number of amides is 1. The van der Waals surface area contributed by atoms with Crippen LogP contribution in [0.2, 0.25) is 0 Å². The van der Waals surface area contributed by atoms with Crippen molar-refractivity contribution in [1.29, 1.82) is 0 Å². The first-order chi connectivity index (χ1) is 9.95. The number of aryl methyl sites for hydroxylation is 1. The number of carboxylic acid groups (broad SMARTS) is 1. The van der Waals surface area contributed by atoms with Gasteiger partial charge in [-0.2, -0.15) is 0 Å². The second kappa shape index (κ2) is 7.11. The third-order valence-corrected chi connectivity index (χ3v) is 5.25. The highest BCUT2D eigenvalue weighted by Crippen LogP contribution is 2.26. The van der Waals surface area contributed by atoms with Gasteiger partial charge in [-0.3, -0.25) is 4.79 Å². The van der Waals surface area contributed by atoms with Crippen molar-refractivity contribution in [3.8, 4) is 0 Å². The normalized spacial score (nSPS) is 10.4. The van der Waals surface area contributed by atoms with Crippen LogP contribution in [0.3, 0.4) is 0 Å². The number of hydrogen-bond donors (Lipinski definition) is 2. The molecule has 1 heterocycles. The van der Waals surface area contributed by atoms with Gasteiger partial charge in [0.25, 0.3) is 0 Å². The van der Waals surface area contributed by atoms with Crippen LogP contribution in [0, 0.1) is 6.92 Å². The van der Waals surface area contributed by atoms with Gasteiger partial charge < -0.3 is 10.4 Å². The number of rotatable bonds is 5. The molecule has 0 atom stereocenters. The molecule has 1 amide bonds. The standard InChI is InChI=1S/C14H12BrNO3S2/c1-8-2-3-11(10(15)4-8)16-13(17)7-20-9-5-12(14(18)19)21-6-9/h2-6H,7H2,1H3,(H,16,17)(H,18,19). The Balaban J connectivity index is 1.91. The average Bonchev–Trinajstić information content (AvgIpc) is 2.89. The monoisotopic (exact) mass is 385 g/mol. The molecule has 21 heavy (non-hydrogen) atoms. The molecular formula is C14H12BrNO3S2. The second-order valence-electron chi connectivity index (χ2n) is 4.27. The number of benzene rings is 1. The van der Waals surface area contributed by atoms with Gasteiger partial charge in [0.05, 0.1) is 11.4 Å². The van der Waals surface area contributed by atoms with E-state index in [2.05, 4.69) is 21.2 Å². The van der Waals surface area contributed by atoms with E-state index in [1.54, 1.807) is 11.4 Å². The lowest BCUT2D eigenvalue weighted by molar-refractivity contribution is -0.113. The van der Waals surface area contributed by atoms with Crippen LogP contribution in [0.1, 0.15) is 15.2 Å². The fourth-order valence-electron chi connectivity index (χ4n) is 1.56. The Morgan fingerprint density at radius 3 is 2.76 bits per heavy atom. The van der Waals surface area contributed by atoms with Crippen molar-refractivity contribution in [2.75, 3.05) is 11.1 Å². The molecular weight excluding hydrogens is 374 g/mol. The van der Waals surface area contributed by atoms with Crippen molar-refractivity contribution in [3.05, 3.63) is 44.6 Å². The van der Waals surface area contributed by atoms with Gasteiger partial charge in [-0.1, -0.05) is 6.07 Å². The molecule has 0 bridgehead atoms. The molecule has 4 nitrogen and oxygen atoms in total. The summed E-state index contributed by atoms with van der Waals surface area (Å²) in [6.07, 6.45) is 0. The molecule has 0 aliphatic rings. The maximum atomic E-state index is 11.9. The predicted molar refractivity (Wildman–Crippen MR) is 89.5 cm³/mol. The lowest BCUT2D eigenvalue weighted by Gasteiger charge is -2.07. The summed E-state index contributed by atoms with van der Waals surface area (Å²) in [5.41, 5.74) is 1.83. The minimum absolute atomic E-state index is 0.132. The van der Waals surface area contributed by atoms with E-state index in [1.807, 2.05) is 25.1 Å². The van der Waals surface area contributed by atoms with Crippen molar-refractivity contribution in [2.24, 2.45) is 0 Å². The summed E-state index contributed by atoms with van der Waals surface area (Å²) in [4.78, 5) is 23.7. The summed E-state index contributed by atoms with van der Waals surface area (Å²) in [6, 6.07) is 7.27. The molecule has 2 rings (SSSR count). The van der Waals surface area contributed by atoms with Crippen molar-refractivity contribution in [3.63, 3.8) is 0 Å². The Morgan fingerprint density at radius 1 is 1.38 bits per heavy atom. The summed E-state index contributed by atoms with van der Waals surface area (Å²) in [7, 11) is 0. The van der Waals surface area contributed by atoms with E-state index in [1.165, 1.54) is 11.8 Å². The Labute approximate surface area is 138 Å². The molecule has 0 aliphatic carbocycles. The zero-order chi connectivity index (χ0) is 15.4. The topological polar surface area (TPSA) is 66.4 Å². The van der Waals surface area contributed by atoms with Crippen molar-refractivity contribution >= 4 is 56.6 Å². The third-order valence-electron chi connectivity index (χ3n) is 2.55. The van der Waals surface area contributed by atoms with E-state index in [4.69, 9.17) is 5.11 Å². The second-order valence-corrected chi connectivity index (χ2v) is 7.09. The van der Waals surface area contributed by atoms with Gasteiger partial charge >= 0.3 is 5.97 Å². The minimum Gasteiger partial charge on any atom is -0.477 e. The molecule has 0 radical (unpaired) electrons. The van der Waals surface area contributed by atoms with Crippen LogP contribution >= 0.6 is 39.0 Å². The van der Waals surface area contributed by atoms with Crippen LogP contribution in [-0.2, 0) is 4.79 Å². The summed E-state index contributed by atoms with van der Waals surface area (Å²) in [6.45, 7) is 1.98. The quantitative estimate of drug-likeness (QED) is 0.754. The Bertz CT molecular complexity index is 685. The van der Waals surface area contributed by atoms with Crippen LogP contribution in [-0.4, -0.2) is 22.7 Å². The molecule has 7 heteroatoms. The van der Waals surface area contributed by atoms with E-state index in [0.29, 0.717) is 0 Å². The lowest BCUT2D eigenvalue weighted by atomic mass is 10.2. The largest absolute Gasteiger partial charge is 0.477 e. The number of thiophene rings is 1. The first kappa shape index (κ1) is 16.1. The minimum atomic E-state index is -0.945. The van der Waals surface area contributed by atoms with E-state index >= 15 is 0 Å². The van der Waals surface area contributed by atoms with Crippen LogP contribution in [0.4, 0.5) is 5.69 Å². The smallest absolute Gasteiger partial charge is 0.345 e. The number of aromatic carboxylic acids is 1. The number of hydrogen-bond acceptors (Lipinski definition) is 4. The molecule has 0 saturated heterocycles. The highest BCUT2D eigenvalue weighted by atomic mass is 79.9. The van der Waals surface area contributed by atoms with Gasteiger partial charge in [-0.05, 0) is 46.6 Å². The van der Waals surface area contributed by atoms with E-state index in [-0.39, 0.29) is 16.5 Å². The van der Waals surface area contributed by atoms with Gasteiger partial charge in [-0.25, -0.2) is 4.79 Å². The van der Waals surface area contributed by atoms with E-state index in [0.717, 1.165) is 32.0 Å².